The van der Waals surface area contributed by atoms with Gasteiger partial charge in [0.1, 0.15) is 0 Å². The second-order valence-corrected chi connectivity index (χ2v) is 5.59. The van der Waals surface area contributed by atoms with Gasteiger partial charge in [-0.2, -0.15) is 0 Å². The van der Waals surface area contributed by atoms with Crippen molar-refractivity contribution < 1.29 is 0 Å². The average Bonchev–Trinajstić information content (AvgIpc) is 2.40. The maximum atomic E-state index is 6.22. The molecule has 0 fully saturated rings. The largest absolute Gasteiger partial charge is 0.324 e. The molecule has 0 aliphatic rings. The number of hydrogen-bond acceptors (Lipinski definition) is 1. The lowest BCUT2D eigenvalue weighted by molar-refractivity contribution is 0.649. The molecule has 0 saturated carbocycles. The quantitative estimate of drug-likeness (QED) is 0.864. The summed E-state index contributed by atoms with van der Waals surface area (Å²) in [6, 6.07) is 16.1. The second kappa shape index (κ2) is 6.37. The Bertz CT molecular complexity index is 513. The lowest BCUT2D eigenvalue weighted by Crippen LogP contribution is -2.12. The van der Waals surface area contributed by atoms with Crippen LogP contribution in [0.1, 0.15) is 23.6 Å². The van der Waals surface area contributed by atoms with Crippen LogP contribution in [-0.4, -0.2) is 0 Å². The van der Waals surface area contributed by atoms with Crippen LogP contribution in [0.2, 0.25) is 5.02 Å². The van der Waals surface area contributed by atoms with E-state index in [4.69, 9.17) is 17.3 Å². The van der Waals surface area contributed by atoms with E-state index < -0.39 is 0 Å². The Morgan fingerprint density at radius 2 is 1.83 bits per heavy atom. The first-order chi connectivity index (χ1) is 8.66. The standard InChI is InChI=1S/C15H15BrClN/c16-14-8-7-12(17)10-13(14)15(18)9-6-11-4-2-1-3-5-11/h1-5,7-8,10,15H,6,9,18H2. The lowest BCUT2D eigenvalue weighted by Gasteiger charge is -2.14. The summed E-state index contributed by atoms with van der Waals surface area (Å²) in [6.45, 7) is 0. The monoisotopic (exact) mass is 323 g/mol. The SMILES string of the molecule is NC(CCc1ccccc1)c1cc(Cl)ccc1Br. The number of aryl methyl sites for hydroxylation is 1. The van der Waals surface area contributed by atoms with Gasteiger partial charge in [-0.15, -0.1) is 0 Å². The third-order valence-electron chi connectivity index (χ3n) is 2.94. The van der Waals surface area contributed by atoms with Gasteiger partial charge in [-0.1, -0.05) is 57.9 Å². The molecule has 18 heavy (non-hydrogen) atoms. The molecule has 0 radical (unpaired) electrons. The normalized spacial score (nSPS) is 12.4. The molecule has 0 amide bonds. The fourth-order valence-electron chi connectivity index (χ4n) is 1.92. The van der Waals surface area contributed by atoms with Crippen LogP contribution in [0.5, 0.6) is 0 Å². The third kappa shape index (κ3) is 3.58. The van der Waals surface area contributed by atoms with Gasteiger partial charge in [0.05, 0.1) is 0 Å². The molecular weight excluding hydrogens is 310 g/mol. The summed E-state index contributed by atoms with van der Waals surface area (Å²) < 4.78 is 1.02. The average molecular weight is 325 g/mol. The Balaban J connectivity index is 2.03. The molecule has 3 heteroatoms. The van der Waals surface area contributed by atoms with E-state index in [1.165, 1.54) is 5.56 Å². The Hall–Kier alpha value is -0.830. The van der Waals surface area contributed by atoms with E-state index in [9.17, 15) is 0 Å². The van der Waals surface area contributed by atoms with Crippen LogP contribution in [0.4, 0.5) is 0 Å². The molecule has 2 N–H and O–H groups in total. The summed E-state index contributed by atoms with van der Waals surface area (Å²) in [6.07, 6.45) is 1.88. The first-order valence-corrected chi connectivity index (χ1v) is 7.08. The Labute approximate surface area is 121 Å². The lowest BCUT2D eigenvalue weighted by atomic mass is 10.00. The topological polar surface area (TPSA) is 26.0 Å². The van der Waals surface area contributed by atoms with Gasteiger partial charge in [-0.25, -0.2) is 0 Å². The van der Waals surface area contributed by atoms with E-state index >= 15 is 0 Å². The molecule has 2 aromatic rings. The highest BCUT2D eigenvalue weighted by molar-refractivity contribution is 9.10. The molecule has 0 saturated heterocycles. The third-order valence-corrected chi connectivity index (χ3v) is 3.90. The van der Waals surface area contributed by atoms with E-state index in [0.29, 0.717) is 0 Å². The van der Waals surface area contributed by atoms with E-state index in [-0.39, 0.29) is 6.04 Å². The summed E-state index contributed by atoms with van der Waals surface area (Å²) in [7, 11) is 0. The van der Waals surface area contributed by atoms with Crippen molar-refractivity contribution in [2.24, 2.45) is 5.73 Å². The van der Waals surface area contributed by atoms with Gasteiger partial charge in [0.25, 0.3) is 0 Å². The fraction of sp³-hybridized carbons (Fsp3) is 0.200. The van der Waals surface area contributed by atoms with Crippen molar-refractivity contribution in [3.63, 3.8) is 0 Å². The molecule has 94 valence electrons. The molecule has 0 aliphatic carbocycles. The van der Waals surface area contributed by atoms with Crippen molar-refractivity contribution in [3.8, 4) is 0 Å². The molecule has 0 aromatic heterocycles. The molecule has 0 bridgehead atoms. The van der Waals surface area contributed by atoms with Crippen molar-refractivity contribution in [2.75, 3.05) is 0 Å². The molecule has 0 heterocycles. The van der Waals surface area contributed by atoms with Gasteiger partial charge in [-0.05, 0) is 42.2 Å². The van der Waals surface area contributed by atoms with Crippen LogP contribution in [0.25, 0.3) is 0 Å². The molecular formula is C15H15BrClN. The van der Waals surface area contributed by atoms with Crippen LogP contribution < -0.4 is 5.73 Å². The molecule has 1 nitrogen and oxygen atoms in total. The predicted octanol–water partition coefficient (Wildman–Crippen LogP) is 4.74. The maximum Gasteiger partial charge on any atom is 0.0410 e. The van der Waals surface area contributed by atoms with Gasteiger partial charge < -0.3 is 5.73 Å². The van der Waals surface area contributed by atoms with Gasteiger partial charge in [0.2, 0.25) is 0 Å². The number of hydrogen-bond donors (Lipinski definition) is 1. The first-order valence-electron chi connectivity index (χ1n) is 5.91. The molecule has 2 aromatic carbocycles. The van der Waals surface area contributed by atoms with Crippen LogP contribution in [-0.2, 0) is 6.42 Å². The second-order valence-electron chi connectivity index (χ2n) is 4.30. The molecule has 1 unspecified atom stereocenters. The zero-order valence-electron chi connectivity index (χ0n) is 9.94. The Morgan fingerprint density at radius 3 is 2.56 bits per heavy atom. The summed E-state index contributed by atoms with van der Waals surface area (Å²) in [5, 5.41) is 0.725. The van der Waals surface area contributed by atoms with Crippen molar-refractivity contribution in [3.05, 3.63) is 69.2 Å². The fourth-order valence-corrected chi connectivity index (χ4v) is 2.64. The highest BCUT2D eigenvalue weighted by Gasteiger charge is 2.10. The maximum absolute atomic E-state index is 6.22. The van der Waals surface area contributed by atoms with Crippen LogP contribution in [0.3, 0.4) is 0 Å². The number of benzene rings is 2. The van der Waals surface area contributed by atoms with E-state index in [1.807, 2.05) is 24.3 Å². The summed E-state index contributed by atoms with van der Waals surface area (Å²) in [5.41, 5.74) is 8.60. The van der Waals surface area contributed by atoms with Crippen molar-refractivity contribution in [1.82, 2.24) is 0 Å². The van der Waals surface area contributed by atoms with Gasteiger partial charge >= 0.3 is 0 Å². The molecule has 0 aliphatic heterocycles. The van der Waals surface area contributed by atoms with Crippen molar-refractivity contribution >= 4 is 27.5 Å². The number of halogens is 2. The molecule has 2 rings (SSSR count). The number of nitrogens with two attached hydrogens (primary N) is 1. The van der Waals surface area contributed by atoms with E-state index in [0.717, 1.165) is 27.9 Å². The van der Waals surface area contributed by atoms with Gasteiger partial charge in [0.15, 0.2) is 0 Å². The number of rotatable bonds is 4. The van der Waals surface area contributed by atoms with Crippen LogP contribution in [0.15, 0.2) is 53.0 Å². The zero-order chi connectivity index (χ0) is 13.0. The first kappa shape index (κ1) is 13.6. The van der Waals surface area contributed by atoms with E-state index in [2.05, 4.69) is 40.2 Å². The minimum absolute atomic E-state index is 0.00159. The molecule has 0 spiro atoms. The van der Waals surface area contributed by atoms with Crippen LogP contribution >= 0.6 is 27.5 Å². The van der Waals surface area contributed by atoms with Crippen LogP contribution in [0, 0.1) is 0 Å². The highest BCUT2D eigenvalue weighted by atomic mass is 79.9. The smallest absolute Gasteiger partial charge is 0.0410 e. The minimum atomic E-state index is -0.00159. The van der Waals surface area contributed by atoms with Gasteiger partial charge in [-0.3, -0.25) is 0 Å². The Kier molecular flexibility index (Phi) is 4.81. The summed E-state index contributed by atoms with van der Waals surface area (Å²) >= 11 is 9.52. The van der Waals surface area contributed by atoms with Crippen molar-refractivity contribution in [1.29, 1.82) is 0 Å². The highest BCUT2D eigenvalue weighted by Crippen LogP contribution is 2.27. The molecule has 1 atom stereocenters. The summed E-state index contributed by atoms with van der Waals surface area (Å²) in [4.78, 5) is 0. The van der Waals surface area contributed by atoms with Crippen molar-refractivity contribution in [2.45, 2.75) is 18.9 Å². The summed E-state index contributed by atoms with van der Waals surface area (Å²) in [5.74, 6) is 0. The minimum Gasteiger partial charge on any atom is -0.324 e. The van der Waals surface area contributed by atoms with Gasteiger partial charge in [0, 0.05) is 15.5 Å². The predicted molar refractivity (Wildman–Crippen MR) is 80.8 cm³/mol. The Morgan fingerprint density at radius 1 is 1.11 bits per heavy atom. The van der Waals surface area contributed by atoms with E-state index in [1.54, 1.807) is 0 Å². The zero-order valence-corrected chi connectivity index (χ0v) is 12.3.